The second kappa shape index (κ2) is 15.0. The number of hydrogen-bond acceptors (Lipinski definition) is 2. The van der Waals surface area contributed by atoms with E-state index in [9.17, 15) is 9.79 Å². The number of rotatable bonds is 16. The van der Waals surface area contributed by atoms with Gasteiger partial charge in [-0.3, -0.25) is 0 Å². The molecule has 156 valence electrons. The van der Waals surface area contributed by atoms with Crippen LogP contribution in [0, 0.1) is 0 Å². The first kappa shape index (κ1) is 25.2. The Labute approximate surface area is 176 Å². The van der Waals surface area contributed by atoms with Gasteiger partial charge in [-0.2, -0.15) is 0 Å². The van der Waals surface area contributed by atoms with Gasteiger partial charge in [-0.15, -0.1) is 0 Å². The minimum absolute atomic E-state index is 0.986. The van der Waals surface area contributed by atoms with Gasteiger partial charge in [-0.05, 0) is 66.1 Å². The van der Waals surface area contributed by atoms with Gasteiger partial charge in [0.1, 0.15) is 0 Å². The minimum atomic E-state index is -3.28. The third-order valence-corrected chi connectivity index (χ3v) is 7.82. The minimum Gasteiger partial charge on any atom is -0.337 e. The summed E-state index contributed by atoms with van der Waals surface area (Å²) in [4.78, 5) is 20.6. The number of hydrogen-bond donors (Lipinski definition) is 2. The van der Waals surface area contributed by atoms with Gasteiger partial charge in [-0.1, -0.05) is 90.2 Å². The van der Waals surface area contributed by atoms with Crippen molar-refractivity contribution in [3.8, 4) is 0 Å². The highest BCUT2D eigenvalue weighted by atomic mass is 32.9. The molecule has 0 aliphatic heterocycles. The molecule has 0 saturated carbocycles. The highest BCUT2D eigenvalue weighted by Crippen LogP contribution is 2.56. The summed E-state index contributed by atoms with van der Waals surface area (Å²) >= 11 is 5.99. The molecule has 27 heavy (non-hydrogen) atoms. The maximum absolute atomic E-state index is 9.80. The Balaban J connectivity index is 2.66. The van der Waals surface area contributed by atoms with Crippen LogP contribution in [0.25, 0.3) is 0 Å². The Morgan fingerprint density at radius 2 is 1.30 bits per heavy atom. The van der Waals surface area contributed by atoms with Gasteiger partial charge in [0.2, 0.25) is 5.69 Å². The van der Waals surface area contributed by atoms with E-state index < -0.39 is 5.69 Å². The summed E-state index contributed by atoms with van der Waals surface area (Å²) in [5.74, 6) is 0. The fourth-order valence-electron chi connectivity index (χ4n) is 3.52. The first-order valence-electron chi connectivity index (χ1n) is 10.8. The smallest absolute Gasteiger partial charge is 0.246 e. The van der Waals surface area contributed by atoms with E-state index in [0.29, 0.717) is 0 Å². The monoisotopic (exact) mass is 430 g/mol. The highest BCUT2D eigenvalue weighted by Gasteiger charge is 2.16. The van der Waals surface area contributed by atoms with Crippen LogP contribution < -0.4 is 0 Å². The lowest BCUT2D eigenvalue weighted by Gasteiger charge is -2.16. The molecule has 2 nitrogen and oxygen atoms in total. The van der Waals surface area contributed by atoms with Crippen LogP contribution in [0.4, 0.5) is 0 Å². The van der Waals surface area contributed by atoms with Gasteiger partial charge in [0.15, 0.2) is 0 Å². The topological polar surface area (TPSA) is 40.5 Å². The SMILES string of the molecule is CCCCCCCCc1cccc(SP(O)(O)=S)c1CCCCCCCC. The normalized spacial score (nSPS) is 11.9. The summed E-state index contributed by atoms with van der Waals surface area (Å²) in [6, 6.07) is 6.28. The Morgan fingerprint density at radius 3 is 1.85 bits per heavy atom. The fraction of sp³-hybridized carbons (Fsp3) is 0.727. The molecule has 0 heterocycles. The Bertz CT molecular complexity index is 557. The molecule has 0 radical (unpaired) electrons. The summed E-state index contributed by atoms with van der Waals surface area (Å²) in [5, 5.41) is 0. The second-order valence-electron chi connectivity index (χ2n) is 7.51. The Morgan fingerprint density at radius 1 is 0.778 bits per heavy atom. The van der Waals surface area contributed by atoms with Gasteiger partial charge in [0, 0.05) is 4.90 Å². The van der Waals surface area contributed by atoms with Crippen LogP contribution in [-0.4, -0.2) is 9.79 Å². The van der Waals surface area contributed by atoms with Crippen LogP contribution in [-0.2, 0) is 24.6 Å². The third kappa shape index (κ3) is 12.3. The third-order valence-electron chi connectivity index (χ3n) is 5.03. The van der Waals surface area contributed by atoms with Crippen molar-refractivity contribution in [2.75, 3.05) is 0 Å². The van der Waals surface area contributed by atoms with Crippen LogP contribution in [0.1, 0.15) is 102 Å². The van der Waals surface area contributed by atoms with Crippen molar-refractivity contribution >= 4 is 28.9 Å². The average molecular weight is 431 g/mol. The lowest BCUT2D eigenvalue weighted by Crippen LogP contribution is -1.98. The Kier molecular flexibility index (Phi) is 14.0. The van der Waals surface area contributed by atoms with Gasteiger partial charge < -0.3 is 9.79 Å². The standard InChI is InChI=1S/C22H39O2PS2/c1-3-5-7-9-11-13-16-20-17-15-19-22(27-25(23,24)26)21(20)18-14-12-10-8-6-4-2/h15,17,19H,3-14,16,18H2,1-2H3,(H2,23,24,26). The summed E-state index contributed by atoms with van der Waals surface area (Å²) in [5.41, 5.74) is -0.591. The van der Waals surface area contributed by atoms with E-state index in [0.717, 1.165) is 29.1 Å². The second-order valence-corrected chi connectivity index (χ2v) is 13.4. The summed E-state index contributed by atoms with van der Waals surface area (Å²) in [6.45, 7) is 4.50. The summed E-state index contributed by atoms with van der Waals surface area (Å²) in [7, 11) is 0. The molecule has 0 amide bonds. The molecule has 0 bridgehead atoms. The molecule has 5 heteroatoms. The first-order chi connectivity index (χ1) is 13.0. The predicted octanol–water partition coefficient (Wildman–Crippen LogP) is 7.79. The van der Waals surface area contributed by atoms with E-state index in [4.69, 9.17) is 11.8 Å². The van der Waals surface area contributed by atoms with Crippen molar-refractivity contribution in [1.82, 2.24) is 0 Å². The summed E-state index contributed by atoms with van der Waals surface area (Å²) in [6.07, 6.45) is 17.6. The molecule has 0 atom stereocenters. The molecule has 0 saturated heterocycles. The van der Waals surface area contributed by atoms with Gasteiger partial charge in [0.25, 0.3) is 0 Å². The van der Waals surface area contributed by atoms with Gasteiger partial charge in [0.05, 0.1) is 0 Å². The molecular formula is C22H39O2PS2. The molecule has 0 aliphatic carbocycles. The van der Waals surface area contributed by atoms with Crippen molar-refractivity contribution in [3.05, 3.63) is 29.3 Å². The largest absolute Gasteiger partial charge is 0.337 e. The lowest BCUT2D eigenvalue weighted by atomic mass is 9.96. The van der Waals surface area contributed by atoms with E-state index in [1.807, 2.05) is 12.1 Å². The molecule has 2 N–H and O–H groups in total. The molecule has 0 spiro atoms. The van der Waals surface area contributed by atoms with Gasteiger partial charge in [-0.25, -0.2) is 0 Å². The van der Waals surface area contributed by atoms with Crippen molar-refractivity contribution in [1.29, 1.82) is 0 Å². The average Bonchev–Trinajstić information content (AvgIpc) is 2.61. The molecule has 1 rings (SSSR count). The highest BCUT2D eigenvalue weighted by molar-refractivity contribution is 8.67. The zero-order valence-corrected chi connectivity index (χ0v) is 19.8. The van der Waals surface area contributed by atoms with E-state index in [1.165, 1.54) is 88.2 Å². The lowest BCUT2D eigenvalue weighted by molar-refractivity contribution is 0.502. The number of benzene rings is 1. The maximum Gasteiger partial charge on any atom is 0.246 e. The predicted molar refractivity (Wildman–Crippen MR) is 125 cm³/mol. The van der Waals surface area contributed by atoms with Crippen LogP contribution >= 0.6 is 17.1 Å². The van der Waals surface area contributed by atoms with Crippen molar-refractivity contribution in [2.24, 2.45) is 0 Å². The number of unbranched alkanes of at least 4 members (excludes halogenated alkanes) is 10. The van der Waals surface area contributed by atoms with Crippen LogP contribution in [0.15, 0.2) is 23.1 Å². The molecule has 1 aromatic carbocycles. The van der Waals surface area contributed by atoms with Crippen LogP contribution in [0.3, 0.4) is 0 Å². The van der Waals surface area contributed by atoms with Crippen LogP contribution in [0.2, 0.25) is 0 Å². The molecule has 0 fully saturated rings. The van der Waals surface area contributed by atoms with Gasteiger partial charge >= 0.3 is 0 Å². The molecular weight excluding hydrogens is 391 g/mol. The zero-order chi connectivity index (χ0) is 20.0. The zero-order valence-electron chi connectivity index (χ0n) is 17.3. The van der Waals surface area contributed by atoms with Crippen molar-refractivity contribution in [2.45, 2.75) is 109 Å². The molecule has 0 aromatic heterocycles. The van der Waals surface area contributed by atoms with E-state index >= 15 is 0 Å². The van der Waals surface area contributed by atoms with Crippen LogP contribution in [0.5, 0.6) is 0 Å². The van der Waals surface area contributed by atoms with E-state index in [2.05, 4.69) is 19.9 Å². The first-order valence-corrected chi connectivity index (χ1v) is 15.0. The quantitative estimate of drug-likeness (QED) is 0.207. The number of aryl methyl sites for hydroxylation is 1. The van der Waals surface area contributed by atoms with E-state index in [-0.39, 0.29) is 0 Å². The maximum atomic E-state index is 9.80. The fourth-order valence-corrected chi connectivity index (χ4v) is 6.26. The molecule has 0 unspecified atom stereocenters. The molecule has 1 aromatic rings. The Hall–Kier alpha value is 0.140. The van der Waals surface area contributed by atoms with Crippen molar-refractivity contribution < 1.29 is 9.79 Å². The van der Waals surface area contributed by atoms with E-state index in [1.54, 1.807) is 0 Å². The molecule has 0 aliphatic rings. The van der Waals surface area contributed by atoms with Crippen molar-refractivity contribution in [3.63, 3.8) is 0 Å². The summed E-state index contributed by atoms with van der Waals surface area (Å²) < 4.78 is 0.